The van der Waals surface area contributed by atoms with Gasteiger partial charge in [0.1, 0.15) is 12.4 Å². The minimum Gasteiger partial charge on any atom is -0.488 e. The molecular weight excluding hydrogens is 520 g/mol. The second-order valence-corrected chi connectivity index (χ2v) is 9.89. The van der Waals surface area contributed by atoms with Crippen molar-refractivity contribution in [3.63, 3.8) is 0 Å². The van der Waals surface area contributed by atoms with Crippen LogP contribution >= 0.6 is 0 Å². The Bertz CT molecular complexity index is 1380. The normalized spacial score (nSPS) is 12.3. The number of amides is 2. The number of carbonyl (C=O) groups is 3. The first-order chi connectivity index (χ1) is 18.9. The number of benzene rings is 2. The summed E-state index contributed by atoms with van der Waals surface area (Å²) in [5, 5.41) is 23.0. The summed E-state index contributed by atoms with van der Waals surface area (Å²) < 4.78 is 6.07. The maximum absolute atomic E-state index is 13.3. The largest absolute Gasteiger partial charge is 0.488 e. The zero-order valence-corrected chi connectivity index (χ0v) is 23.0. The van der Waals surface area contributed by atoms with Crippen molar-refractivity contribution in [3.05, 3.63) is 78.9 Å². The number of nitro groups is 2. The van der Waals surface area contributed by atoms with E-state index in [0.29, 0.717) is 36.0 Å². The lowest BCUT2D eigenvalue weighted by molar-refractivity contribution is -0.385. The smallest absolute Gasteiger partial charge is 0.270 e. The van der Waals surface area contributed by atoms with Crippen molar-refractivity contribution in [2.24, 2.45) is 0 Å². The number of non-ortho nitro benzene ring substituents is 2. The number of rotatable bonds is 12. The molecule has 2 aromatic carbocycles. The van der Waals surface area contributed by atoms with Gasteiger partial charge in [0.15, 0.2) is 5.78 Å². The zero-order valence-electron chi connectivity index (χ0n) is 23.0. The van der Waals surface area contributed by atoms with Gasteiger partial charge in [0.25, 0.3) is 11.4 Å². The van der Waals surface area contributed by atoms with Crippen LogP contribution < -0.4 is 0 Å². The first-order valence-corrected chi connectivity index (χ1v) is 12.8. The molecule has 0 N–H and O–H groups in total. The Balaban J connectivity index is 2.09. The second-order valence-electron chi connectivity index (χ2n) is 9.89. The predicted molar refractivity (Wildman–Crippen MR) is 147 cm³/mol. The van der Waals surface area contributed by atoms with Crippen molar-refractivity contribution in [1.82, 2.24) is 9.80 Å². The molecule has 1 heterocycles. The minimum absolute atomic E-state index is 0.0415. The predicted octanol–water partition coefficient (Wildman–Crippen LogP) is 4.60. The van der Waals surface area contributed by atoms with E-state index in [9.17, 15) is 34.6 Å². The Hall–Kier alpha value is -4.61. The third-order valence-corrected chi connectivity index (χ3v) is 6.64. The molecule has 212 valence electrons. The average molecular weight is 553 g/mol. The summed E-state index contributed by atoms with van der Waals surface area (Å²) in [6, 6.07) is 8.31. The van der Waals surface area contributed by atoms with Crippen molar-refractivity contribution >= 4 is 40.3 Å². The Kier molecular flexibility index (Phi) is 9.70. The van der Waals surface area contributed by atoms with Gasteiger partial charge in [0.05, 0.1) is 9.85 Å². The number of nitro benzene ring substituents is 2. The lowest BCUT2D eigenvalue weighted by Crippen LogP contribution is -2.21. The van der Waals surface area contributed by atoms with Gasteiger partial charge in [-0.1, -0.05) is 0 Å². The van der Waals surface area contributed by atoms with Gasteiger partial charge >= 0.3 is 0 Å². The van der Waals surface area contributed by atoms with Crippen LogP contribution in [0.5, 0.6) is 0 Å². The summed E-state index contributed by atoms with van der Waals surface area (Å²) >= 11 is 0. The number of carbonyl (C=O) groups excluding carboxylic acids is 3. The van der Waals surface area contributed by atoms with Crippen LogP contribution in [0.1, 0.15) is 65.6 Å². The van der Waals surface area contributed by atoms with Gasteiger partial charge in [0.2, 0.25) is 11.8 Å². The highest BCUT2D eigenvalue weighted by molar-refractivity contribution is 6.04. The summed E-state index contributed by atoms with van der Waals surface area (Å²) in [7, 11) is 6.56. The minimum atomic E-state index is -0.566. The number of ketones is 1. The number of nitrogens with zero attached hydrogens (tertiary/aromatic N) is 4. The van der Waals surface area contributed by atoms with Crippen molar-refractivity contribution < 1.29 is 29.0 Å². The number of Topliss-reactive ketones (excluding diaryl/α,β-unsaturated/α-hetero) is 1. The summed E-state index contributed by atoms with van der Waals surface area (Å²) in [6.07, 6.45) is 1.50. The maximum atomic E-state index is 13.3. The summed E-state index contributed by atoms with van der Waals surface area (Å²) in [5.41, 5.74) is 1.92. The number of fused-ring (bicyclic) bond motifs is 1. The number of ether oxygens (including phenoxy) is 1. The Labute approximate surface area is 231 Å². The van der Waals surface area contributed by atoms with Crippen LogP contribution in [0.15, 0.2) is 36.4 Å². The third-order valence-electron chi connectivity index (χ3n) is 6.64. The highest BCUT2D eigenvalue weighted by Gasteiger charge is 2.28. The van der Waals surface area contributed by atoms with Crippen molar-refractivity contribution in [2.75, 3.05) is 28.2 Å². The van der Waals surface area contributed by atoms with Crippen LogP contribution in [-0.4, -0.2) is 65.4 Å². The molecule has 0 spiro atoms. The first-order valence-electron chi connectivity index (χ1n) is 12.8. The van der Waals surface area contributed by atoms with E-state index in [4.69, 9.17) is 4.74 Å². The summed E-state index contributed by atoms with van der Waals surface area (Å²) in [6.45, 7) is -0.0415. The third kappa shape index (κ3) is 7.07. The average Bonchev–Trinajstić information content (AvgIpc) is 2.91. The second kappa shape index (κ2) is 13.0. The molecule has 0 saturated heterocycles. The molecule has 0 radical (unpaired) electrons. The molecule has 0 saturated carbocycles. The molecule has 0 unspecified atom stereocenters. The van der Waals surface area contributed by atoms with Crippen LogP contribution in [0.4, 0.5) is 11.4 Å². The molecule has 0 bridgehead atoms. The van der Waals surface area contributed by atoms with Gasteiger partial charge in [-0.05, 0) is 37.0 Å². The Morgan fingerprint density at radius 2 is 1.38 bits per heavy atom. The molecule has 0 fully saturated rings. The van der Waals surface area contributed by atoms with E-state index < -0.39 is 9.85 Å². The molecule has 3 rings (SSSR count). The fourth-order valence-electron chi connectivity index (χ4n) is 4.43. The maximum Gasteiger partial charge on any atom is 0.270 e. The molecule has 1 aliphatic heterocycles. The topological polar surface area (TPSA) is 153 Å². The molecule has 1 aliphatic rings. The quantitative estimate of drug-likeness (QED) is 0.210. The van der Waals surface area contributed by atoms with Gasteiger partial charge in [0, 0.05) is 94.0 Å². The molecule has 12 nitrogen and oxygen atoms in total. The highest BCUT2D eigenvalue weighted by Crippen LogP contribution is 2.41. The van der Waals surface area contributed by atoms with Crippen molar-refractivity contribution in [1.29, 1.82) is 0 Å². The van der Waals surface area contributed by atoms with Crippen molar-refractivity contribution in [3.8, 4) is 0 Å². The molecule has 40 heavy (non-hydrogen) atoms. The molecule has 0 atom stereocenters. The molecule has 2 aromatic rings. The van der Waals surface area contributed by atoms with Gasteiger partial charge in [-0.2, -0.15) is 0 Å². The molecule has 2 amide bonds. The van der Waals surface area contributed by atoms with Gasteiger partial charge in [-0.15, -0.1) is 0 Å². The van der Waals surface area contributed by atoms with Gasteiger partial charge in [-0.25, -0.2) is 0 Å². The van der Waals surface area contributed by atoms with E-state index in [1.54, 1.807) is 34.3 Å². The van der Waals surface area contributed by atoms with E-state index in [2.05, 4.69) is 0 Å². The highest BCUT2D eigenvalue weighted by atomic mass is 16.6. The monoisotopic (exact) mass is 552 g/mol. The molecule has 0 aromatic heterocycles. The Morgan fingerprint density at radius 3 is 1.98 bits per heavy atom. The fourth-order valence-corrected chi connectivity index (χ4v) is 4.43. The SMILES string of the molecule is CN(C)C(=O)CCCC(=O)c1ccc([N+](=O)[O-])cc1C1=C(CCCC(=O)N(C)C)c2ccc([N+](=O)[O-])cc2CO1. The van der Waals surface area contributed by atoms with Crippen LogP contribution in [0.2, 0.25) is 0 Å². The standard InChI is InChI=1S/C28H32N4O8/c1-29(2)26(34)9-5-7-23-21-13-11-19(31(36)37)15-18(21)17-40-28(23)24-16-20(32(38)39)12-14-22(24)25(33)8-6-10-27(35)30(3)4/h11-16H,5-10,17H2,1-4H3. The zero-order chi connectivity index (χ0) is 29.6. The van der Waals surface area contributed by atoms with Crippen molar-refractivity contribution in [2.45, 2.75) is 45.1 Å². The van der Waals surface area contributed by atoms with E-state index in [-0.39, 0.29) is 71.7 Å². The van der Waals surface area contributed by atoms with Crippen LogP contribution in [-0.2, 0) is 20.9 Å². The molecule has 0 aliphatic carbocycles. The lowest BCUT2D eigenvalue weighted by atomic mass is 9.88. The van der Waals surface area contributed by atoms with Crippen LogP contribution in [0, 0.1) is 20.2 Å². The number of hydrogen-bond donors (Lipinski definition) is 0. The first kappa shape index (κ1) is 29.9. The lowest BCUT2D eigenvalue weighted by Gasteiger charge is -2.26. The van der Waals surface area contributed by atoms with Crippen LogP contribution in [0.25, 0.3) is 11.3 Å². The number of allylic oxidation sites excluding steroid dienone is 1. The Morgan fingerprint density at radius 1 is 0.800 bits per heavy atom. The fraction of sp³-hybridized carbons (Fsp3) is 0.393. The molecule has 12 heteroatoms. The summed E-state index contributed by atoms with van der Waals surface area (Å²) in [5.74, 6) is -0.240. The van der Waals surface area contributed by atoms with E-state index >= 15 is 0 Å². The van der Waals surface area contributed by atoms with E-state index in [0.717, 1.165) is 0 Å². The van der Waals surface area contributed by atoms with Gasteiger partial charge in [-0.3, -0.25) is 34.6 Å². The van der Waals surface area contributed by atoms with Gasteiger partial charge < -0.3 is 14.5 Å². The van der Waals surface area contributed by atoms with E-state index in [1.807, 2.05) is 0 Å². The van der Waals surface area contributed by atoms with Crippen LogP contribution in [0.3, 0.4) is 0 Å². The summed E-state index contributed by atoms with van der Waals surface area (Å²) in [4.78, 5) is 62.3. The number of hydrogen-bond acceptors (Lipinski definition) is 8. The van der Waals surface area contributed by atoms with E-state index in [1.165, 1.54) is 40.1 Å². The molecular formula is C28H32N4O8.